The molecule has 0 radical (unpaired) electrons. The Morgan fingerprint density at radius 2 is 1.79 bits per heavy atom. The van der Waals surface area contributed by atoms with E-state index in [2.05, 4.69) is 42.5 Å². The van der Waals surface area contributed by atoms with Gasteiger partial charge in [0.15, 0.2) is 0 Å². The molecule has 4 rings (SSSR count). The lowest BCUT2D eigenvalue weighted by atomic mass is 9.85. The van der Waals surface area contributed by atoms with E-state index in [-0.39, 0.29) is 11.7 Å². The van der Waals surface area contributed by atoms with Crippen molar-refractivity contribution < 1.29 is 14.3 Å². The molecule has 2 fully saturated rings. The van der Waals surface area contributed by atoms with Gasteiger partial charge >= 0.3 is 6.09 Å². The zero-order valence-electron chi connectivity index (χ0n) is 16.9. The fourth-order valence-corrected chi connectivity index (χ4v) is 4.41. The second kappa shape index (κ2) is 8.97. The van der Waals surface area contributed by atoms with E-state index in [9.17, 15) is 4.79 Å². The van der Waals surface area contributed by atoms with Gasteiger partial charge in [-0.1, -0.05) is 48.9 Å². The van der Waals surface area contributed by atoms with Crippen molar-refractivity contribution in [3.63, 3.8) is 0 Å². The highest BCUT2D eigenvalue weighted by Crippen LogP contribution is 2.37. The minimum Gasteiger partial charge on any atom is -0.441 e. The third kappa shape index (κ3) is 4.80. The van der Waals surface area contributed by atoms with Gasteiger partial charge in [-0.05, 0) is 54.0 Å². The molecule has 1 saturated carbocycles. The molecule has 5 nitrogen and oxygen atoms in total. The molecule has 1 heterocycles. The van der Waals surface area contributed by atoms with Crippen LogP contribution in [0.25, 0.3) is 11.1 Å². The summed E-state index contributed by atoms with van der Waals surface area (Å²) in [7, 11) is 0. The number of ether oxygens (including phenoxy) is 2. The lowest BCUT2D eigenvalue weighted by Crippen LogP contribution is -2.36. The van der Waals surface area contributed by atoms with Crippen molar-refractivity contribution in [2.24, 2.45) is 5.73 Å². The van der Waals surface area contributed by atoms with Gasteiger partial charge in [0.1, 0.15) is 5.60 Å². The first-order valence-electron chi connectivity index (χ1n) is 10.6. The van der Waals surface area contributed by atoms with E-state index in [0.29, 0.717) is 26.3 Å². The SMILES string of the molecule is NCCOCc1cccc(-c2ccc(CN3CC4(CCCCC4)OC3=O)cc2)c1. The lowest BCUT2D eigenvalue weighted by molar-refractivity contribution is 0.0260. The third-order valence-corrected chi connectivity index (χ3v) is 5.92. The quantitative estimate of drug-likeness (QED) is 0.703. The number of amides is 1. The summed E-state index contributed by atoms with van der Waals surface area (Å²) in [6, 6.07) is 16.8. The number of hydrogen-bond acceptors (Lipinski definition) is 4. The molecule has 154 valence electrons. The van der Waals surface area contributed by atoms with Crippen LogP contribution in [0, 0.1) is 0 Å². The minimum atomic E-state index is -0.234. The van der Waals surface area contributed by atoms with Gasteiger partial charge in [-0.15, -0.1) is 0 Å². The number of nitrogens with zero attached hydrogens (tertiary/aromatic N) is 1. The van der Waals surface area contributed by atoms with Crippen molar-refractivity contribution >= 4 is 6.09 Å². The van der Waals surface area contributed by atoms with Gasteiger partial charge < -0.3 is 15.2 Å². The molecule has 1 amide bonds. The molecule has 0 aromatic heterocycles. The van der Waals surface area contributed by atoms with Crippen molar-refractivity contribution in [1.82, 2.24) is 4.90 Å². The molecule has 1 spiro atoms. The molecule has 2 N–H and O–H groups in total. The molecule has 1 aliphatic carbocycles. The molecular weight excluding hydrogens is 364 g/mol. The standard InChI is InChI=1S/C24H30N2O3/c25-13-14-28-17-20-5-4-6-22(15-20)21-9-7-19(8-10-21)16-26-18-24(29-23(26)27)11-2-1-3-12-24/h4-10,15H,1-3,11-14,16-18,25H2. The summed E-state index contributed by atoms with van der Waals surface area (Å²) in [5.74, 6) is 0. The second-order valence-electron chi connectivity index (χ2n) is 8.21. The summed E-state index contributed by atoms with van der Waals surface area (Å²) >= 11 is 0. The predicted octanol–water partition coefficient (Wildman–Crippen LogP) is 4.48. The van der Waals surface area contributed by atoms with Crippen molar-refractivity contribution in [2.45, 2.75) is 50.9 Å². The Balaban J connectivity index is 1.39. The van der Waals surface area contributed by atoms with Gasteiger partial charge in [-0.3, -0.25) is 4.90 Å². The summed E-state index contributed by atoms with van der Waals surface area (Å²) in [4.78, 5) is 14.2. The van der Waals surface area contributed by atoms with Crippen LogP contribution < -0.4 is 5.73 Å². The largest absolute Gasteiger partial charge is 0.441 e. The van der Waals surface area contributed by atoms with Crippen LogP contribution in [0.5, 0.6) is 0 Å². The molecular formula is C24H30N2O3. The number of rotatable bonds is 7. The first kappa shape index (κ1) is 19.9. The maximum Gasteiger partial charge on any atom is 0.410 e. The molecule has 5 heteroatoms. The highest BCUT2D eigenvalue weighted by molar-refractivity contribution is 5.71. The summed E-state index contributed by atoms with van der Waals surface area (Å²) in [5.41, 5.74) is 9.82. The number of benzene rings is 2. The Labute approximate surface area is 172 Å². The normalized spacial score (nSPS) is 18.2. The van der Waals surface area contributed by atoms with E-state index in [4.69, 9.17) is 15.2 Å². The summed E-state index contributed by atoms with van der Waals surface area (Å²) in [5, 5.41) is 0. The zero-order valence-corrected chi connectivity index (χ0v) is 16.9. The lowest BCUT2D eigenvalue weighted by Gasteiger charge is -2.30. The van der Waals surface area contributed by atoms with Crippen LogP contribution in [-0.2, 0) is 22.6 Å². The molecule has 29 heavy (non-hydrogen) atoms. The van der Waals surface area contributed by atoms with Crippen LogP contribution in [0.4, 0.5) is 4.79 Å². The average Bonchev–Trinajstić information content (AvgIpc) is 3.03. The molecule has 2 aromatic carbocycles. The zero-order chi connectivity index (χ0) is 20.1. The molecule has 0 atom stereocenters. The maximum atomic E-state index is 12.4. The third-order valence-electron chi connectivity index (χ3n) is 5.92. The van der Waals surface area contributed by atoms with Gasteiger partial charge in [0.2, 0.25) is 0 Å². The fraction of sp³-hybridized carbons (Fsp3) is 0.458. The van der Waals surface area contributed by atoms with E-state index in [0.717, 1.165) is 54.5 Å². The number of hydrogen-bond donors (Lipinski definition) is 1. The van der Waals surface area contributed by atoms with Gasteiger partial charge in [0.25, 0.3) is 0 Å². The van der Waals surface area contributed by atoms with E-state index in [1.165, 1.54) is 6.42 Å². The van der Waals surface area contributed by atoms with Crippen LogP contribution >= 0.6 is 0 Å². The highest BCUT2D eigenvalue weighted by Gasteiger charge is 2.45. The van der Waals surface area contributed by atoms with Crippen LogP contribution in [0.3, 0.4) is 0 Å². The van der Waals surface area contributed by atoms with Crippen molar-refractivity contribution in [1.29, 1.82) is 0 Å². The van der Waals surface area contributed by atoms with Gasteiger partial charge in [0.05, 0.1) is 19.8 Å². The smallest absolute Gasteiger partial charge is 0.410 e. The Bertz CT molecular complexity index is 828. The molecule has 1 aliphatic heterocycles. The Morgan fingerprint density at radius 1 is 1.00 bits per heavy atom. The summed E-state index contributed by atoms with van der Waals surface area (Å²) in [6.07, 6.45) is 5.40. The molecule has 0 bridgehead atoms. The number of carbonyl (C=O) groups is 1. The van der Waals surface area contributed by atoms with Crippen molar-refractivity contribution in [3.8, 4) is 11.1 Å². The molecule has 1 saturated heterocycles. The van der Waals surface area contributed by atoms with E-state index in [1.807, 2.05) is 11.0 Å². The van der Waals surface area contributed by atoms with Crippen LogP contribution in [0.2, 0.25) is 0 Å². The van der Waals surface area contributed by atoms with Crippen LogP contribution in [0.1, 0.15) is 43.2 Å². The van der Waals surface area contributed by atoms with E-state index < -0.39 is 0 Å². The van der Waals surface area contributed by atoms with Gasteiger partial charge in [0, 0.05) is 13.1 Å². The molecule has 2 aliphatic rings. The predicted molar refractivity (Wildman–Crippen MR) is 113 cm³/mol. The first-order chi connectivity index (χ1) is 14.2. The van der Waals surface area contributed by atoms with Crippen molar-refractivity contribution in [3.05, 3.63) is 59.7 Å². The van der Waals surface area contributed by atoms with E-state index >= 15 is 0 Å². The fourth-order valence-electron chi connectivity index (χ4n) is 4.41. The first-order valence-corrected chi connectivity index (χ1v) is 10.6. The molecule has 2 aromatic rings. The van der Waals surface area contributed by atoms with E-state index in [1.54, 1.807) is 0 Å². The second-order valence-corrected chi connectivity index (χ2v) is 8.21. The average molecular weight is 395 g/mol. The van der Waals surface area contributed by atoms with Crippen LogP contribution in [-0.4, -0.2) is 36.3 Å². The maximum absolute atomic E-state index is 12.4. The number of carbonyl (C=O) groups excluding carboxylic acids is 1. The Kier molecular flexibility index (Phi) is 6.16. The summed E-state index contributed by atoms with van der Waals surface area (Å²) in [6.45, 7) is 3.00. The molecule has 0 unspecified atom stereocenters. The Hall–Kier alpha value is -2.37. The number of nitrogens with two attached hydrogens (primary N) is 1. The monoisotopic (exact) mass is 394 g/mol. The highest BCUT2D eigenvalue weighted by atomic mass is 16.6. The van der Waals surface area contributed by atoms with Gasteiger partial charge in [-0.2, -0.15) is 0 Å². The topological polar surface area (TPSA) is 64.8 Å². The van der Waals surface area contributed by atoms with Crippen molar-refractivity contribution in [2.75, 3.05) is 19.7 Å². The van der Waals surface area contributed by atoms with Gasteiger partial charge in [-0.25, -0.2) is 4.79 Å². The van der Waals surface area contributed by atoms with Crippen LogP contribution in [0.15, 0.2) is 48.5 Å². The minimum absolute atomic E-state index is 0.166. The Morgan fingerprint density at radius 3 is 2.55 bits per heavy atom. The summed E-state index contributed by atoms with van der Waals surface area (Å²) < 4.78 is 11.3.